The van der Waals surface area contributed by atoms with Gasteiger partial charge in [-0.15, -0.1) is 0 Å². The number of carbonyl (C=O) groups excluding carboxylic acids is 5. The van der Waals surface area contributed by atoms with Crippen molar-refractivity contribution >= 4 is 46.4 Å². The predicted molar refractivity (Wildman–Crippen MR) is 264 cm³/mol. The van der Waals surface area contributed by atoms with Crippen molar-refractivity contribution in [1.29, 1.82) is 0 Å². The maximum Gasteiger partial charge on any atom is 0.255 e. The van der Waals surface area contributed by atoms with Gasteiger partial charge < -0.3 is 102 Å². The van der Waals surface area contributed by atoms with Crippen molar-refractivity contribution in [2.24, 2.45) is 23.2 Å². The highest BCUT2D eigenvalue weighted by Gasteiger charge is 2.51. The summed E-state index contributed by atoms with van der Waals surface area (Å²) in [5.74, 6) is -2.69. The van der Waals surface area contributed by atoms with E-state index in [0.29, 0.717) is 17.6 Å². The lowest BCUT2D eigenvalue weighted by Gasteiger charge is -2.56. The fourth-order valence-corrected chi connectivity index (χ4v) is 11.4. The minimum absolute atomic E-state index is 0.0613. The third kappa shape index (κ3) is 14.3. The Morgan fingerprint density at radius 3 is 1.70 bits per heavy atom. The number of imidazole rings is 1. The van der Waals surface area contributed by atoms with E-state index in [1.807, 2.05) is 24.3 Å². The van der Waals surface area contributed by atoms with Crippen LogP contribution in [0.5, 0.6) is 0 Å². The number of carboxylic acid groups (broad SMARTS) is 2. The molecule has 1 aromatic heterocycles. The van der Waals surface area contributed by atoms with Crippen LogP contribution in [0.15, 0.2) is 60.9 Å². The first-order valence-electron chi connectivity index (χ1n) is 25.4. The number of amides is 3. The number of nitrogens with two attached hydrogens (primary N) is 2. The number of likely N-dealkylation sites (N-methyl/N-ethyl adjacent to an activating group) is 2. The molecule has 4 fully saturated rings. The van der Waals surface area contributed by atoms with E-state index < -0.39 is 103 Å². The van der Waals surface area contributed by atoms with Crippen LogP contribution in [-0.2, 0) is 17.8 Å². The Morgan fingerprint density at radius 2 is 1.21 bits per heavy atom. The summed E-state index contributed by atoms with van der Waals surface area (Å²) in [7, 11) is 3.40. The lowest BCUT2D eigenvalue weighted by atomic mass is 9.49. The third-order valence-electron chi connectivity index (χ3n) is 14.9. The standard InChI is InChI=1S/C38H37N5O7.2C7H17NO5/c44-33(39-18-38-14-20-5-21(15-38)7-22(6-20)16-38)28-12-30-31(41-19-40-30)13-29(28)35(46)43-17-24-4-2-1-3-23(24)11-32(43)34(45)42-27-9-25(36(47)48)8-26(10-27)37(49)50;2*1-8-2-4(10)6(12)7(13)5(11)3-9/h1-4,8-10,12-13,19-22,32H,5-7,11,14-18H2,(H,39,44)(H,40,41)(H,42,45)(H,47,48)(H,49,50);2*4-13H,2-3H2,1H3/t;2*4-,5+,6+,7+/m.00/s1. The molecule has 9 atom stereocenters. The first kappa shape index (κ1) is 59.2. The number of fused-ring (bicyclic) bond motifs is 2. The molecule has 76 heavy (non-hydrogen) atoms. The highest BCUT2D eigenvalue weighted by atomic mass is 16.4. The largest absolute Gasteiger partial charge is 0.545 e. The molecule has 4 aromatic rings. The molecule has 1 unspecified atom stereocenters. The van der Waals surface area contributed by atoms with Gasteiger partial charge in [0.15, 0.2) is 0 Å². The molecule has 4 bridgehead atoms. The summed E-state index contributed by atoms with van der Waals surface area (Å²) in [5, 5.41) is 122. The zero-order valence-corrected chi connectivity index (χ0v) is 42.3. The molecule has 4 saturated carbocycles. The zero-order chi connectivity index (χ0) is 55.6. The van der Waals surface area contributed by atoms with Gasteiger partial charge in [0.25, 0.3) is 11.8 Å². The van der Waals surface area contributed by atoms with E-state index in [2.05, 4.69) is 20.6 Å². The van der Waals surface area contributed by atoms with Gasteiger partial charge >= 0.3 is 0 Å². The van der Waals surface area contributed by atoms with E-state index in [4.69, 9.17) is 30.6 Å². The number of carboxylic acids is 2. The lowest BCUT2D eigenvalue weighted by Crippen LogP contribution is -2.83. The summed E-state index contributed by atoms with van der Waals surface area (Å²) in [6, 6.07) is 12.6. The van der Waals surface area contributed by atoms with Gasteiger partial charge in [0.2, 0.25) is 5.91 Å². The number of aliphatic hydroxyl groups is 10. The van der Waals surface area contributed by atoms with Crippen molar-refractivity contribution in [2.75, 3.05) is 52.3 Å². The summed E-state index contributed by atoms with van der Waals surface area (Å²) in [6.07, 6.45) is -2.23. The number of aromatic carboxylic acids is 2. The molecule has 9 rings (SSSR count). The molecule has 5 aliphatic rings. The number of anilines is 1. The number of benzene rings is 3. The van der Waals surface area contributed by atoms with Crippen molar-refractivity contribution in [3.8, 4) is 0 Å². The van der Waals surface area contributed by atoms with Crippen LogP contribution < -0.4 is 31.5 Å². The van der Waals surface area contributed by atoms with Gasteiger partial charge in [0, 0.05) is 25.2 Å². The van der Waals surface area contributed by atoms with E-state index >= 15 is 0 Å². The van der Waals surface area contributed by atoms with E-state index in [-0.39, 0.29) is 54.2 Å². The average Bonchev–Trinajstić information content (AvgIpc) is 3.92. The Hall–Kier alpha value is -6.00. The zero-order valence-electron chi connectivity index (χ0n) is 42.3. The maximum atomic E-state index is 14.6. The van der Waals surface area contributed by atoms with Crippen LogP contribution >= 0.6 is 0 Å². The minimum Gasteiger partial charge on any atom is -0.545 e. The Bertz CT molecular complexity index is 2550. The Morgan fingerprint density at radius 1 is 0.711 bits per heavy atom. The SMILES string of the molecule is C[NH2+]C[C@H](O)[C@@H](O)[C@H](O)[C@H](O)CO.C[NH2+]C[C@H](O)[C@@H](O)[C@H](O)[C@H](O)CO.O=C([O-])c1cc(NC(=O)C2Cc3ccccc3CN2C(=O)c2cc3[nH]cnc3cc2C(=O)NCC23CC4CC(CC(C4)C2)C3)cc(C(=O)[O-])c1. The van der Waals surface area contributed by atoms with Crippen LogP contribution in [0, 0.1) is 23.2 Å². The second kappa shape index (κ2) is 26.4. The van der Waals surface area contributed by atoms with Gasteiger partial charge in [0.1, 0.15) is 68.0 Å². The van der Waals surface area contributed by atoms with Crippen LogP contribution in [0.3, 0.4) is 0 Å². The molecule has 0 spiro atoms. The molecular weight excluding hydrogens is 995 g/mol. The van der Waals surface area contributed by atoms with Crippen LogP contribution in [0.1, 0.15) is 91.1 Å². The summed E-state index contributed by atoms with van der Waals surface area (Å²) in [4.78, 5) is 74.5. The summed E-state index contributed by atoms with van der Waals surface area (Å²) in [6.45, 7) is -0.261. The molecule has 3 aromatic carbocycles. The van der Waals surface area contributed by atoms with Gasteiger partial charge in [-0.1, -0.05) is 24.3 Å². The Balaban J connectivity index is 0.000000298. The van der Waals surface area contributed by atoms with Crippen molar-refractivity contribution < 1.29 is 95.9 Å². The van der Waals surface area contributed by atoms with Crippen molar-refractivity contribution in [3.63, 3.8) is 0 Å². The van der Waals surface area contributed by atoms with E-state index in [1.54, 1.807) is 36.9 Å². The van der Waals surface area contributed by atoms with Crippen molar-refractivity contribution in [2.45, 2.75) is 106 Å². The number of rotatable bonds is 20. The van der Waals surface area contributed by atoms with Gasteiger partial charge in [-0.2, -0.15) is 0 Å². The Kier molecular flexibility index (Phi) is 20.6. The number of aromatic nitrogens is 2. The van der Waals surface area contributed by atoms with E-state index in [9.17, 15) is 54.6 Å². The van der Waals surface area contributed by atoms with Gasteiger partial charge in [-0.05, 0) is 114 Å². The number of H-pyrrole nitrogens is 1. The third-order valence-corrected chi connectivity index (χ3v) is 14.9. The molecule has 416 valence electrons. The second-order valence-electron chi connectivity index (χ2n) is 20.6. The topological polar surface area (TPSA) is 423 Å². The lowest BCUT2D eigenvalue weighted by molar-refractivity contribution is -0.635. The van der Waals surface area contributed by atoms with Gasteiger partial charge in [0.05, 0.1) is 67.7 Å². The average molecular weight is 1070 g/mol. The first-order valence-corrected chi connectivity index (χ1v) is 25.4. The normalized spacial score (nSPS) is 23.4. The second-order valence-corrected chi connectivity index (χ2v) is 20.6. The number of nitrogens with zero attached hydrogens (tertiary/aromatic N) is 2. The molecule has 17 N–H and O–H groups in total. The number of aromatic amines is 1. The van der Waals surface area contributed by atoms with Gasteiger partial charge in [-0.3, -0.25) is 14.4 Å². The number of hydrogen-bond acceptors (Lipinski definition) is 18. The van der Waals surface area contributed by atoms with Crippen LogP contribution in [-0.4, -0.2) is 197 Å². The van der Waals surface area contributed by atoms with Crippen LogP contribution in [0.4, 0.5) is 5.69 Å². The molecule has 24 nitrogen and oxygen atoms in total. The quantitative estimate of drug-likeness (QED) is 0.0391. The molecular formula is C52H71N7O17. The van der Waals surface area contributed by atoms with Crippen LogP contribution in [0.25, 0.3) is 11.0 Å². The van der Waals surface area contributed by atoms with E-state index in [0.717, 1.165) is 66.3 Å². The summed E-state index contributed by atoms with van der Waals surface area (Å²) >= 11 is 0. The highest BCUT2D eigenvalue weighted by molar-refractivity contribution is 6.11. The highest BCUT2D eigenvalue weighted by Crippen LogP contribution is 2.59. The number of aliphatic hydroxyl groups excluding tert-OH is 10. The minimum atomic E-state index is -1.63. The predicted octanol–water partition coefficient (Wildman–Crippen LogP) is -6.33. The number of carbonyl (C=O) groups is 5. The van der Waals surface area contributed by atoms with Crippen molar-refractivity contribution in [1.82, 2.24) is 20.2 Å². The molecule has 24 heteroatoms. The smallest absolute Gasteiger partial charge is 0.255 e. The fourth-order valence-electron chi connectivity index (χ4n) is 11.4. The van der Waals surface area contributed by atoms with E-state index in [1.165, 1.54) is 30.5 Å². The molecule has 4 aliphatic carbocycles. The number of quaternary nitrogens is 2. The molecule has 0 radical (unpaired) electrons. The molecule has 3 amide bonds. The summed E-state index contributed by atoms with van der Waals surface area (Å²) in [5.41, 5.74) is 2.09. The first-order chi connectivity index (χ1) is 36.1. The monoisotopic (exact) mass is 1070 g/mol. The van der Waals surface area contributed by atoms with Crippen molar-refractivity contribution in [3.05, 3.63) is 94.3 Å². The number of hydrogen-bond donors (Lipinski definition) is 15. The Labute approximate surface area is 437 Å². The molecule has 0 saturated heterocycles. The molecule has 2 heterocycles. The molecule has 1 aliphatic heterocycles. The summed E-state index contributed by atoms with van der Waals surface area (Å²) < 4.78 is 0. The van der Waals surface area contributed by atoms with Gasteiger partial charge in [-0.25, -0.2) is 4.98 Å². The number of nitrogens with one attached hydrogen (secondary N) is 3. The van der Waals surface area contributed by atoms with Crippen LogP contribution in [0.2, 0.25) is 0 Å². The fraction of sp³-hybridized carbons (Fsp3) is 0.538. The maximum absolute atomic E-state index is 14.6.